The number of halogens is 2. The van der Waals surface area contributed by atoms with Crippen LogP contribution in [0.25, 0.3) is 0 Å². The molecule has 0 bridgehead atoms. The lowest BCUT2D eigenvalue weighted by atomic mass is 10.2. The van der Waals surface area contributed by atoms with Crippen molar-refractivity contribution in [2.45, 2.75) is 32.8 Å². The van der Waals surface area contributed by atoms with Crippen molar-refractivity contribution in [3.63, 3.8) is 0 Å². The van der Waals surface area contributed by atoms with Crippen LogP contribution in [-0.2, 0) is 11.2 Å². The molecule has 0 fully saturated rings. The highest BCUT2D eigenvalue weighted by atomic mass is 79.9. The first kappa shape index (κ1) is 15.4. The Morgan fingerprint density at radius 1 is 1.33 bits per heavy atom. The third kappa shape index (κ3) is 5.35. The molecule has 0 aliphatic carbocycles. The second kappa shape index (κ2) is 6.52. The van der Waals surface area contributed by atoms with E-state index in [0.29, 0.717) is 13.0 Å². The summed E-state index contributed by atoms with van der Waals surface area (Å²) in [6.45, 7) is 6.02. The van der Waals surface area contributed by atoms with Gasteiger partial charge in [0.15, 0.2) is 0 Å². The molecule has 0 aromatic carbocycles. The van der Waals surface area contributed by atoms with Crippen LogP contribution in [0.15, 0.2) is 21.3 Å². The second-order valence-electron chi connectivity index (χ2n) is 4.76. The number of hydrogen-bond acceptors (Lipinski definition) is 3. The van der Waals surface area contributed by atoms with E-state index in [2.05, 4.69) is 42.2 Å². The predicted molar refractivity (Wildman–Crippen MR) is 77.6 cm³/mol. The minimum absolute atomic E-state index is 0.399. The zero-order chi connectivity index (χ0) is 13.8. The maximum atomic E-state index is 11.4. The van der Waals surface area contributed by atoms with E-state index in [0.717, 1.165) is 14.5 Å². The zero-order valence-corrected chi connectivity index (χ0v) is 13.8. The third-order valence-electron chi connectivity index (χ3n) is 2.00. The third-order valence-corrected chi connectivity index (χ3v) is 3.36. The van der Waals surface area contributed by atoms with Gasteiger partial charge in [0, 0.05) is 27.9 Å². The number of nitrogens with zero attached hydrogens (tertiary/aromatic N) is 1. The van der Waals surface area contributed by atoms with E-state index in [1.807, 2.05) is 20.8 Å². The molecular weight excluding hydrogens is 364 g/mol. The van der Waals surface area contributed by atoms with Gasteiger partial charge in [-0.15, -0.1) is 0 Å². The maximum absolute atomic E-state index is 11.4. The summed E-state index contributed by atoms with van der Waals surface area (Å²) in [4.78, 5) is 15.5. The molecule has 0 saturated heterocycles. The number of alkyl carbamates (subject to hydrolysis) is 1. The fraction of sp³-hybridized carbons (Fsp3) is 0.500. The molecule has 4 nitrogen and oxygen atoms in total. The lowest BCUT2D eigenvalue weighted by Crippen LogP contribution is -2.33. The average molecular weight is 380 g/mol. The normalized spacial score (nSPS) is 11.2. The second-order valence-corrected chi connectivity index (χ2v) is 6.47. The number of pyridine rings is 1. The summed E-state index contributed by atoms with van der Waals surface area (Å²) in [5.74, 6) is 0. The zero-order valence-electron chi connectivity index (χ0n) is 10.6. The number of carbonyl (C=O) groups excluding carboxylic acids is 1. The van der Waals surface area contributed by atoms with E-state index in [1.165, 1.54) is 0 Å². The molecule has 0 saturated carbocycles. The molecule has 1 rings (SSSR count). The van der Waals surface area contributed by atoms with Crippen molar-refractivity contribution < 1.29 is 9.53 Å². The minimum atomic E-state index is -0.470. The van der Waals surface area contributed by atoms with E-state index in [-0.39, 0.29) is 0 Å². The van der Waals surface area contributed by atoms with Crippen molar-refractivity contribution in [1.29, 1.82) is 0 Å². The van der Waals surface area contributed by atoms with E-state index in [1.54, 1.807) is 12.4 Å². The Morgan fingerprint density at radius 3 is 2.39 bits per heavy atom. The highest BCUT2D eigenvalue weighted by Crippen LogP contribution is 2.23. The highest BCUT2D eigenvalue weighted by molar-refractivity contribution is 9.11. The quantitative estimate of drug-likeness (QED) is 0.871. The first-order valence-corrected chi connectivity index (χ1v) is 7.13. The topological polar surface area (TPSA) is 51.2 Å². The van der Waals surface area contributed by atoms with Gasteiger partial charge in [-0.25, -0.2) is 4.79 Å². The van der Waals surface area contributed by atoms with Crippen LogP contribution >= 0.6 is 31.9 Å². The molecule has 0 spiro atoms. The van der Waals surface area contributed by atoms with E-state index in [4.69, 9.17) is 4.74 Å². The molecule has 1 aromatic rings. The van der Waals surface area contributed by atoms with Gasteiger partial charge in [-0.1, -0.05) is 0 Å². The average Bonchev–Trinajstić information content (AvgIpc) is 2.19. The lowest BCUT2D eigenvalue weighted by molar-refractivity contribution is 0.0528. The summed E-state index contributed by atoms with van der Waals surface area (Å²) in [5.41, 5.74) is 0.600. The van der Waals surface area contributed by atoms with Gasteiger partial charge < -0.3 is 10.1 Å². The fourth-order valence-corrected chi connectivity index (χ4v) is 2.61. The van der Waals surface area contributed by atoms with Crippen molar-refractivity contribution in [1.82, 2.24) is 10.3 Å². The molecule has 6 heteroatoms. The van der Waals surface area contributed by atoms with Gasteiger partial charge in [-0.05, 0) is 64.6 Å². The van der Waals surface area contributed by atoms with Crippen LogP contribution in [0.2, 0.25) is 0 Å². The van der Waals surface area contributed by atoms with Gasteiger partial charge in [0.05, 0.1) is 0 Å². The highest BCUT2D eigenvalue weighted by Gasteiger charge is 2.15. The van der Waals surface area contributed by atoms with E-state index < -0.39 is 11.7 Å². The molecule has 100 valence electrons. The standard InChI is InChI=1S/C12H16Br2N2O2/c1-12(2,3)18-11(17)16-5-4-8-9(13)6-15-7-10(8)14/h6-7H,4-5H2,1-3H3,(H,16,17). The first-order valence-electron chi connectivity index (χ1n) is 5.54. The molecule has 0 unspecified atom stereocenters. The van der Waals surface area contributed by atoms with E-state index >= 15 is 0 Å². The number of rotatable bonds is 3. The molecule has 1 aromatic heterocycles. The summed E-state index contributed by atoms with van der Waals surface area (Å²) in [6, 6.07) is 0. The fourth-order valence-electron chi connectivity index (χ4n) is 1.28. The smallest absolute Gasteiger partial charge is 0.407 e. The Bertz CT molecular complexity index is 410. The van der Waals surface area contributed by atoms with Gasteiger partial charge in [-0.2, -0.15) is 0 Å². The lowest BCUT2D eigenvalue weighted by Gasteiger charge is -2.19. The van der Waals surface area contributed by atoms with Crippen LogP contribution in [0.5, 0.6) is 0 Å². The van der Waals surface area contributed by atoms with Crippen molar-refractivity contribution in [3.05, 3.63) is 26.9 Å². The van der Waals surface area contributed by atoms with Gasteiger partial charge in [-0.3, -0.25) is 4.98 Å². The molecule has 1 N–H and O–H groups in total. The number of amides is 1. The van der Waals surface area contributed by atoms with Crippen LogP contribution in [0, 0.1) is 0 Å². The number of ether oxygens (including phenoxy) is 1. The van der Waals surface area contributed by atoms with Crippen molar-refractivity contribution in [2.24, 2.45) is 0 Å². The molecule has 1 amide bonds. The Hall–Kier alpha value is -0.620. The van der Waals surface area contributed by atoms with Crippen molar-refractivity contribution in [3.8, 4) is 0 Å². The number of aromatic nitrogens is 1. The SMILES string of the molecule is CC(C)(C)OC(=O)NCCc1c(Br)cncc1Br. The van der Waals surface area contributed by atoms with E-state index in [9.17, 15) is 4.79 Å². The summed E-state index contributed by atoms with van der Waals surface area (Å²) >= 11 is 6.85. The molecule has 0 radical (unpaired) electrons. The number of carbonyl (C=O) groups is 1. The molecule has 1 heterocycles. The Balaban J connectivity index is 2.45. The number of hydrogen-bond donors (Lipinski definition) is 1. The van der Waals surface area contributed by atoms with Crippen LogP contribution < -0.4 is 5.32 Å². The summed E-state index contributed by atoms with van der Waals surface area (Å²) in [6.07, 6.45) is 3.76. The van der Waals surface area contributed by atoms with Crippen LogP contribution in [0.4, 0.5) is 4.79 Å². The van der Waals surface area contributed by atoms with Crippen molar-refractivity contribution in [2.75, 3.05) is 6.54 Å². The molecular formula is C12H16Br2N2O2. The molecule has 0 atom stereocenters. The van der Waals surface area contributed by atoms with Crippen molar-refractivity contribution >= 4 is 38.0 Å². The summed E-state index contributed by atoms with van der Waals surface area (Å²) < 4.78 is 6.99. The Morgan fingerprint density at radius 2 is 1.89 bits per heavy atom. The minimum Gasteiger partial charge on any atom is -0.444 e. The monoisotopic (exact) mass is 378 g/mol. The molecule has 0 aliphatic rings. The van der Waals surface area contributed by atoms with Gasteiger partial charge >= 0.3 is 6.09 Å². The van der Waals surface area contributed by atoms with Gasteiger partial charge in [0.25, 0.3) is 0 Å². The molecule has 0 aliphatic heterocycles. The largest absolute Gasteiger partial charge is 0.444 e. The predicted octanol–water partition coefficient (Wildman–Crippen LogP) is 3.67. The summed E-state index contributed by atoms with van der Waals surface area (Å²) in [5, 5.41) is 2.72. The number of nitrogens with one attached hydrogen (secondary N) is 1. The van der Waals surface area contributed by atoms with Gasteiger partial charge in [0.1, 0.15) is 5.60 Å². The van der Waals surface area contributed by atoms with Crippen LogP contribution in [0.3, 0.4) is 0 Å². The first-order chi connectivity index (χ1) is 8.29. The van der Waals surface area contributed by atoms with Crippen LogP contribution in [0.1, 0.15) is 26.3 Å². The van der Waals surface area contributed by atoms with Gasteiger partial charge in [0.2, 0.25) is 0 Å². The molecule has 18 heavy (non-hydrogen) atoms. The summed E-state index contributed by atoms with van der Waals surface area (Å²) in [7, 11) is 0. The maximum Gasteiger partial charge on any atom is 0.407 e. The van der Waals surface area contributed by atoms with Crippen LogP contribution in [-0.4, -0.2) is 23.2 Å². The Labute approximate surface area is 124 Å². The Kier molecular flexibility index (Phi) is 5.59.